The lowest BCUT2D eigenvalue weighted by Crippen LogP contribution is -2.32. The molecular formula is C19H17ClN4O3. The normalized spacial score (nSPS) is 10.4. The number of hydrogen-bond donors (Lipinski definition) is 1. The first-order chi connectivity index (χ1) is 13.1. The first-order valence-electron chi connectivity index (χ1n) is 8.19. The second-order valence-electron chi connectivity index (χ2n) is 5.63. The van der Waals surface area contributed by atoms with Gasteiger partial charge in [0.2, 0.25) is 0 Å². The van der Waals surface area contributed by atoms with Crippen LogP contribution in [0.1, 0.15) is 10.4 Å². The summed E-state index contributed by atoms with van der Waals surface area (Å²) in [5.74, 6) is 0.449. The number of carbonyl (C=O) groups is 1. The molecule has 0 aliphatic heterocycles. The van der Waals surface area contributed by atoms with Crippen LogP contribution in [0.2, 0.25) is 5.15 Å². The number of hydrogen-bond acceptors (Lipinski definition) is 5. The van der Waals surface area contributed by atoms with Crippen molar-refractivity contribution in [3.63, 3.8) is 0 Å². The minimum absolute atomic E-state index is 0.241. The fraction of sp³-hybridized carbons (Fsp3) is 0.158. The van der Waals surface area contributed by atoms with Crippen LogP contribution in [-0.2, 0) is 6.54 Å². The van der Waals surface area contributed by atoms with Crippen molar-refractivity contribution >= 4 is 17.5 Å². The molecule has 2 heterocycles. The van der Waals surface area contributed by atoms with Crippen molar-refractivity contribution < 1.29 is 9.53 Å². The number of carbonyl (C=O) groups excluding carboxylic acids is 1. The number of nitrogens with zero attached hydrogens (tertiary/aromatic N) is 3. The van der Waals surface area contributed by atoms with Crippen molar-refractivity contribution in [3.8, 4) is 17.0 Å². The molecule has 0 bridgehead atoms. The minimum atomic E-state index is -0.293. The number of amides is 1. The molecule has 0 saturated heterocycles. The first-order valence-corrected chi connectivity index (χ1v) is 8.57. The molecule has 0 aliphatic carbocycles. The fourth-order valence-electron chi connectivity index (χ4n) is 2.41. The van der Waals surface area contributed by atoms with Gasteiger partial charge in [-0.05, 0) is 42.5 Å². The van der Waals surface area contributed by atoms with Gasteiger partial charge in [0.15, 0.2) is 0 Å². The number of halogens is 1. The highest BCUT2D eigenvalue weighted by Crippen LogP contribution is 2.19. The Morgan fingerprint density at radius 2 is 1.93 bits per heavy atom. The zero-order chi connectivity index (χ0) is 19.2. The van der Waals surface area contributed by atoms with Gasteiger partial charge in [-0.3, -0.25) is 9.59 Å². The van der Waals surface area contributed by atoms with E-state index in [1.54, 1.807) is 25.3 Å². The van der Waals surface area contributed by atoms with E-state index in [2.05, 4.69) is 15.4 Å². The topological polar surface area (TPSA) is 86.1 Å². The van der Waals surface area contributed by atoms with E-state index in [1.165, 1.54) is 16.9 Å². The summed E-state index contributed by atoms with van der Waals surface area (Å²) in [7, 11) is 1.60. The Balaban J connectivity index is 1.66. The van der Waals surface area contributed by atoms with Gasteiger partial charge in [-0.2, -0.15) is 5.10 Å². The number of ether oxygens (including phenoxy) is 1. The van der Waals surface area contributed by atoms with Crippen LogP contribution < -0.4 is 15.6 Å². The molecule has 0 spiro atoms. The van der Waals surface area contributed by atoms with Crippen LogP contribution in [0.3, 0.4) is 0 Å². The highest BCUT2D eigenvalue weighted by molar-refractivity contribution is 6.29. The third-order valence-corrected chi connectivity index (χ3v) is 4.07. The van der Waals surface area contributed by atoms with Gasteiger partial charge in [0.25, 0.3) is 11.5 Å². The fourth-order valence-corrected chi connectivity index (χ4v) is 2.52. The summed E-state index contributed by atoms with van der Waals surface area (Å²) in [6, 6.07) is 13.6. The summed E-state index contributed by atoms with van der Waals surface area (Å²) in [6.45, 7) is 0.496. The molecule has 0 unspecified atom stereocenters. The summed E-state index contributed by atoms with van der Waals surface area (Å²) < 4.78 is 6.46. The van der Waals surface area contributed by atoms with Gasteiger partial charge in [-0.25, -0.2) is 9.67 Å². The van der Waals surface area contributed by atoms with Gasteiger partial charge in [0.05, 0.1) is 24.9 Å². The number of aromatic nitrogens is 3. The molecule has 0 aliphatic rings. The first kappa shape index (κ1) is 18.6. The van der Waals surface area contributed by atoms with Gasteiger partial charge >= 0.3 is 0 Å². The maximum Gasteiger partial charge on any atom is 0.266 e. The van der Waals surface area contributed by atoms with Gasteiger partial charge in [0.1, 0.15) is 10.9 Å². The van der Waals surface area contributed by atoms with Crippen molar-refractivity contribution in [1.82, 2.24) is 20.1 Å². The van der Waals surface area contributed by atoms with Gasteiger partial charge in [-0.1, -0.05) is 11.6 Å². The molecule has 8 heteroatoms. The zero-order valence-electron chi connectivity index (χ0n) is 14.6. The number of rotatable bonds is 6. The quantitative estimate of drug-likeness (QED) is 0.659. The highest BCUT2D eigenvalue weighted by atomic mass is 35.5. The van der Waals surface area contributed by atoms with Gasteiger partial charge < -0.3 is 10.1 Å². The molecule has 138 valence electrons. The Bertz CT molecular complexity index is 985. The van der Waals surface area contributed by atoms with Crippen molar-refractivity contribution in [1.29, 1.82) is 0 Å². The van der Waals surface area contributed by atoms with Crippen LogP contribution in [0.4, 0.5) is 0 Å². The third kappa shape index (κ3) is 4.71. The van der Waals surface area contributed by atoms with Crippen molar-refractivity contribution in [2.24, 2.45) is 0 Å². The monoisotopic (exact) mass is 384 g/mol. The second-order valence-corrected chi connectivity index (χ2v) is 6.02. The third-order valence-electron chi connectivity index (χ3n) is 3.85. The summed E-state index contributed by atoms with van der Waals surface area (Å²) in [5.41, 5.74) is 1.67. The Morgan fingerprint density at radius 3 is 2.59 bits per heavy atom. The summed E-state index contributed by atoms with van der Waals surface area (Å²) in [6.07, 6.45) is 1.40. The van der Waals surface area contributed by atoms with Gasteiger partial charge in [0, 0.05) is 24.4 Å². The molecule has 1 N–H and O–H groups in total. The van der Waals surface area contributed by atoms with Crippen molar-refractivity contribution in [3.05, 3.63) is 75.8 Å². The summed E-state index contributed by atoms with van der Waals surface area (Å²) in [4.78, 5) is 28.0. The average molecular weight is 385 g/mol. The Morgan fingerprint density at radius 1 is 1.15 bits per heavy atom. The molecule has 2 aromatic heterocycles. The maximum atomic E-state index is 12.1. The van der Waals surface area contributed by atoms with Crippen LogP contribution >= 0.6 is 11.6 Å². The van der Waals surface area contributed by atoms with Crippen LogP contribution in [0.25, 0.3) is 11.3 Å². The van der Waals surface area contributed by atoms with E-state index < -0.39 is 0 Å². The molecule has 27 heavy (non-hydrogen) atoms. The largest absolute Gasteiger partial charge is 0.497 e. The molecule has 7 nitrogen and oxygen atoms in total. The van der Waals surface area contributed by atoms with Crippen LogP contribution in [-0.4, -0.2) is 34.3 Å². The predicted octanol–water partition coefficient (Wildman–Crippen LogP) is 2.40. The van der Waals surface area contributed by atoms with E-state index in [9.17, 15) is 9.59 Å². The number of methoxy groups -OCH3 is 1. The lowest BCUT2D eigenvalue weighted by molar-refractivity contribution is 0.0951. The van der Waals surface area contributed by atoms with Crippen LogP contribution in [0.15, 0.2) is 59.5 Å². The summed E-state index contributed by atoms with van der Waals surface area (Å²) in [5, 5.41) is 7.41. The molecule has 3 aromatic rings. The molecule has 0 radical (unpaired) electrons. The Labute approximate surface area is 160 Å². The predicted molar refractivity (Wildman–Crippen MR) is 102 cm³/mol. The van der Waals surface area contributed by atoms with Crippen LogP contribution in [0.5, 0.6) is 5.75 Å². The molecule has 0 fully saturated rings. The average Bonchev–Trinajstić information content (AvgIpc) is 2.70. The number of benzene rings is 1. The van der Waals surface area contributed by atoms with Gasteiger partial charge in [-0.15, -0.1) is 0 Å². The molecule has 0 atom stereocenters. The maximum absolute atomic E-state index is 12.1. The Kier molecular flexibility index (Phi) is 5.83. The molecule has 3 rings (SSSR count). The van der Waals surface area contributed by atoms with E-state index in [4.69, 9.17) is 16.3 Å². The minimum Gasteiger partial charge on any atom is -0.497 e. The van der Waals surface area contributed by atoms with Crippen LogP contribution in [0, 0.1) is 0 Å². The second kappa shape index (κ2) is 8.46. The summed E-state index contributed by atoms with van der Waals surface area (Å²) >= 11 is 5.70. The molecular weight excluding hydrogens is 368 g/mol. The lowest BCUT2D eigenvalue weighted by atomic mass is 10.1. The van der Waals surface area contributed by atoms with Crippen molar-refractivity contribution in [2.75, 3.05) is 13.7 Å². The molecule has 0 saturated carbocycles. The highest BCUT2D eigenvalue weighted by Gasteiger charge is 2.07. The SMILES string of the molecule is COc1ccc(-c2ccc(=O)n(CCNC(=O)c3ccc(Cl)nc3)n2)cc1. The van der Waals surface area contributed by atoms with E-state index in [-0.39, 0.29) is 24.6 Å². The van der Waals surface area contributed by atoms with E-state index in [0.717, 1.165) is 11.3 Å². The van der Waals surface area contributed by atoms with E-state index >= 15 is 0 Å². The lowest BCUT2D eigenvalue weighted by Gasteiger charge is -2.09. The number of pyridine rings is 1. The zero-order valence-corrected chi connectivity index (χ0v) is 15.3. The molecule has 1 aromatic carbocycles. The van der Waals surface area contributed by atoms with E-state index in [1.807, 2.05) is 24.3 Å². The number of nitrogens with one attached hydrogen (secondary N) is 1. The van der Waals surface area contributed by atoms with E-state index in [0.29, 0.717) is 16.4 Å². The standard InChI is InChI=1S/C19H17ClN4O3/c1-27-15-5-2-13(3-6-15)16-7-9-18(25)24(23-16)11-10-21-19(26)14-4-8-17(20)22-12-14/h2-9,12H,10-11H2,1H3,(H,21,26). The Hall–Kier alpha value is -3.19. The van der Waals surface area contributed by atoms with Crippen molar-refractivity contribution in [2.45, 2.75) is 6.54 Å². The smallest absolute Gasteiger partial charge is 0.266 e. The molecule has 1 amide bonds.